The van der Waals surface area contributed by atoms with Gasteiger partial charge in [-0.3, -0.25) is 4.68 Å². The van der Waals surface area contributed by atoms with Gasteiger partial charge in [-0.25, -0.2) is 4.98 Å². The van der Waals surface area contributed by atoms with Crippen LogP contribution < -0.4 is 5.32 Å². The Kier molecular flexibility index (Phi) is 3.34. The fraction of sp³-hybridized carbons (Fsp3) is 0.467. The van der Waals surface area contributed by atoms with Crippen LogP contribution in [0.2, 0.25) is 0 Å². The van der Waals surface area contributed by atoms with E-state index in [4.69, 9.17) is 4.98 Å². The molecule has 1 aliphatic rings. The molecule has 0 atom stereocenters. The Morgan fingerprint density at radius 3 is 2.53 bits per heavy atom. The Labute approximate surface area is 113 Å². The SMILES string of the molecule is Cc1ccc(-c2nc(C3CCNCC3)n(C)n2)cc1. The van der Waals surface area contributed by atoms with Gasteiger partial charge in [0, 0.05) is 18.5 Å². The molecular weight excluding hydrogens is 236 g/mol. The fourth-order valence-corrected chi connectivity index (χ4v) is 2.66. The van der Waals surface area contributed by atoms with Crippen molar-refractivity contribution in [1.82, 2.24) is 20.1 Å². The highest BCUT2D eigenvalue weighted by Crippen LogP contribution is 2.25. The lowest BCUT2D eigenvalue weighted by Gasteiger charge is -2.21. The zero-order chi connectivity index (χ0) is 13.2. The molecule has 2 heterocycles. The molecule has 1 fully saturated rings. The van der Waals surface area contributed by atoms with Crippen LogP contribution in [0.5, 0.6) is 0 Å². The van der Waals surface area contributed by atoms with Gasteiger partial charge in [-0.05, 0) is 32.9 Å². The molecule has 0 amide bonds. The number of nitrogens with zero attached hydrogens (tertiary/aromatic N) is 3. The molecule has 0 spiro atoms. The number of hydrogen-bond acceptors (Lipinski definition) is 3. The molecule has 1 aromatic carbocycles. The quantitative estimate of drug-likeness (QED) is 0.896. The van der Waals surface area contributed by atoms with E-state index in [0.717, 1.165) is 43.1 Å². The van der Waals surface area contributed by atoms with Crippen molar-refractivity contribution in [2.24, 2.45) is 7.05 Å². The first-order chi connectivity index (χ1) is 9.24. The lowest BCUT2D eigenvalue weighted by molar-refractivity contribution is 0.432. The standard InChI is InChI=1S/C15H20N4/c1-11-3-5-12(6-4-11)14-17-15(19(2)18-14)13-7-9-16-10-8-13/h3-6,13,16H,7-10H2,1-2H3. The van der Waals surface area contributed by atoms with E-state index in [9.17, 15) is 0 Å². The Bertz CT molecular complexity index is 550. The third kappa shape index (κ3) is 2.54. The third-order valence-electron chi connectivity index (χ3n) is 3.81. The van der Waals surface area contributed by atoms with E-state index in [2.05, 4.69) is 41.6 Å². The molecule has 1 N–H and O–H groups in total. The van der Waals surface area contributed by atoms with E-state index in [1.54, 1.807) is 0 Å². The maximum atomic E-state index is 4.76. The predicted octanol–water partition coefficient (Wildman–Crippen LogP) is 2.26. The van der Waals surface area contributed by atoms with Crippen molar-refractivity contribution in [1.29, 1.82) is 0 Å². The van der Waals surface area contributed by atoms with Gasteiger partial charge in [0.15, 0.2) is 5.82 Å². The topological polar surface area (TPSA) is 42.7 Å². The van der Waals surface area contributed by atoms with E-state index >= 15 is 0 Å². The van der Waals surface area contributed by atoms with Gasteiger partial charge in [-0.15, -0.1) is 0 Å². The van der Waals surface area contributed by atoms with Crippen LogP contribution in [0.15, 0.2) is 24.3 Å². The highest BCUT2D eigenvalue weighted by Gasteiger charge is 2.21. The zero-order valence-corrected chi connectivity index (χ0v) is 11.6. The van der Waals surface area contributed by atoms with Crippen LogP contribution in [-0.2, 0) is 7.05 Å². The number of nitrogens with one attached hydrogen (secondary N) is 1. The Hall–Kier alpha value is -1.68. The highest BCUT2D eigenvalue weighted by atomic mass is 15.3. The van der Waals surface area contributed by atoms with Gasteiger partial charge < -0.3 is 5.32 Å². The van der Waals surface area contributed by atoms with E-state index in [0.29, 0.717) is 5.92 Å². The molecule has 2 aromatic rings. The minimum Gasteiger partial charge on any atom is -0.317 e. The number of aryl methyl sites for hydroxylation is 2. The molecule has 1 saturated heterocycles. The average molecular weight is 256 g/mol. The number of piperidine rings is 1. The van der Waals surface area contributed by atoms with Crippen LogP contribution in [0.1, 0.15) is 30.1 Å². The van der Waals surface area contributed by atoms with Gasteiger partial charge >= 0.3 is 0 Å². The summed E-state index contributed by atoms with van der Waals surface area (Å²) >= 11 is 0. The van der Waals surface area contributed by atoms with Crippen LogP contribution in [-0.4, -0.2) is 27.9 Å². The third-order valence-corrected chi connectivity index (χ3v) is 3.81. The molecule has 0 bridgehead atoms. The summed E-state index contributed by atoms with van der Waals surface area (Å²) in [4.78, 5) is 4.76. The summed E-state index contributed by atoms with van der Waals surface area (Å²) in [6.07, 6.45) is 2.31. The first-order valence-electron chi connectivity index (χ1n) is 6.93. The van der Waals surface area contributed by atoms with Crippen LogP contribution in [0, 0.1) is 6.92 Å². The van der Waals surface area contributed by atoms with Crippen molar-refractivity contribution in [3.05, 3.63) is 35.7 Å². The van der Waals surface area contributed by atoms with Gasteiger partial charge in [0.05, 0.1) is 0 Å². The molecule has 19 heavy (non-hydrogen) atoms. The maximum absolute atomic E-state index is 4.76. The number of aromatic nitrogens is 3. The van der Waals surface area contributed by atoms with Gasteiger partial charge in [-0.2, -0.15) is 5.10 Å². The maximum Gasteiger partial charge on any atom is 0.181 e. The smallest absolute Gasteiger partial charge is 0.181 e. The highest BCUT2D eigenvalue weighted by molar-refractivity contribution is 5.55. The lowest BCUT2D eigenvalue weighted by Crippen LogP contribution is -2.27. The second-order valence-corrected chi connectivity index (χ2v) is 5.31. The predicted molar refractivity (Wildman–Crippen MR) is 76.0 cm³/mol. The Balaban J connectivity index is 1.90. The van der Waals surface area contributed by atoms with Crippen LogP contribution in [0.3, 0.4) is 0 Å². The molecule has 0 aliphatic carbocycles. The molecule has 3 rings (SSSR count). The van der Waals surface area contributed by atoms with Gasteiger partial charge in [0.25, 0.3) is 0 Å². The van der Waals surface area contributed by atoms with Crippen molar-refractivity contribution >= 4 is 0 Å². The van der Waals surface area contributed by atoms with Gasteiger partial charge in [0.1, 0.15) is 5.82 Å². The normalized spacial score (nSPS) is 16.7. The molecule has 1 aliphatic heterocycles. The lowest BCUT2D eigenvalue weighted by atomic mass is 9.97. The molecule has 100 valence electrons. The summed E-state index contributed by atoms with van der Waals surface area (Å²) in [5, 5.41) is 7.96. The Morgan fingerprint density at radius 1 is 1.16 bits per heavy atom. The van der Waals surface area contributed by atoms with E-state index in [1.807, 2.05) is 11.7 Å². The minimum absolute atomic E-state index is 0.540. The van der Waals surface area contributed by atoms with Crippen molar-refractivity contribution in [3.63, 3.8) is 0 Å². The molecular formula is C15H20N4. The van der Waals surface area contributed by atoms with Crippen molar-refractivity contribution in [2.75, 3.05) is 13.1 Å². The molecule has 0 saturated carbocycles. The van der Waals surface area contributed by atoms with Crippen LogP contribution in [0.4, 0.5) is 0 Å². The van der Waals surface area contributed by atoms with E-state index in [1.165, 1.54) is 5.56 Å². The summed E-state index contributed by atoms with van der Waals surface area (Å²) in [6, 6.07) is 8.40. The van der Waals surface area contributed by atoms with Crippen molar-refractivity contribution in [3.8, 4) is 11.4 Å². The molecule has 0 unspecified atom stereocenters. The molecule has 0 radical (unpaired) electrons. The molecule has 4 nitrogen and oxygen atoms in total. The minimum atomic E-state index is 0.540. The number of rotatable bonds is 2. The average Bonchev–Trinajstić information content (AvgIpc) is 2.83. The molecule has 1 aromatic heterocycles. The monoisotopic (exact) mass is 256 g/mol. The van der Waals surface area contributed by atoms with Gasteiger partial charge in [0.2, 0.25) is 0 Å². The van der Waals surface area contributed by atoms with Crippen LogP contribution >= 0.6 is 0 Å². The summed E-state index contributed by atoms with van der Waals surface area (Å²) in [5.74, 6) is 2.51. The van der Waals surface area contributed by atoms with Crippen molar-refractivity contribution < 1.29 is 0 Å². The van der Waals surface area contributed by atoms with Gasteiger partial charge in [-0.1, -0.05) is 29.8 Å². The zero-order valence-electron chi connectivity index (χ0n) is 11.6. The van der Waals surface area contributed by atoms with Crippen LogP contribution in [0.25, 0.3) is 11.4 Å². The fourth-order valence-electron chi connectivity index (χ4n) is 2.66. The first-order valence-corrected chi connectivity index (χ1v) is 6.93. The second-order valence-electron chi connectivity index (χ2n) is 5.31. The second kappa shape index (κ2) is 5.13. The summed E-state index contributed by atoms with van der Waals surface area (Å²) in [7, 11) is 2.00. The number of benzene rings is 1. The first kappa shape index (κ1) is 12.4. The van der Waals surface area contributed by atoms with Crippen molar-refractivity contribution in [2.45, 2.75) is 25.7 Å². The van der Waals surface area contributed by atoms with E-state index < -0.39 is 0 Å². The summed E-state index contributed by atoms with van der Waals surface area (Å²) in [6.45, 7) is 4.25. The Morgan fingerprint density at radius 2 is 1.84 bits per heavy atom. The largest absolute Gasteiger partial charge is 0.317 e. The summed E-state index contributed by atoms with van der Waals surface area (Å²) < 4.78 is 1.95. The van der Waals surface area contributed by atoms with E-state index in [-0.39, 0.29) is 0 Å². The molecule has 4 heteroatoms. The number of hydrogen-bond donors (Lipinski definition) is 1. The summed E-state index contributed by atoms with van der Waals surface area (Å²) in [5.41, 5.74) is 2.36.